The second-order valence-corrected chi connectivity index (χ2v) is 10.4. The summed E-state index contributed by atoms with van der Waals surface area (Å²) in [4.78, 5) is 7.48. The van der Waals surface area contributed by atoms with Gasteiger partial charge in [-0.3, -0.25) is 0 Å². The van der Waals surface area contributed by atoms with Crippen LogP contribution in [-0.2, 0) is 10.0 Å². The van der Waals surface area contributed by atoms with Crippen molar-refractivity contribution in [1.29, 1.82) is 0 Å². The van der Waals surface area contributed by atoms with Gasteiger partial charge in [0.05, 0.1) is 17.6 Å². The Bertz CT molecular complexity index is 1340. The molecule has 5 rings (SSSR count). The van der Waals surface area contributed by atoms with Gasteiger partial charge in [0, 0.05) is 32.2 Å². The normalized spacial score (nSPS) is 16.4. The van der Waals surface area contributed by atoms with E-state index in [4.69, 9.17) is 14.5 Å². The van der Waals surface area contributed by atoms with E-state index in [0.717, 1.165) is 22.6 Å². The molecule has 34 heavy (non-hydrogen) atoms. The summed E-state index contributed by atoms with van der Waals surface area (Å²) in [6, 6.07) is 20.3. The molecule has 7 nitrogen and oxygen atoms in total. The Morgan fingerprint density at radius 1 is 0.912 bits per heavy atom. The highest BCUT2D eigenvalue weighted by Crippen LogP contribution is 2.40. The van der Waals surface area contributed by atoms with Crippen LogP contribution < -0.4 is 9.47 Å². The first-order chi connectivity index (χ1) is 16.5. The van der Waals surface area contributed by atoms with Gasteiger partial charge in [-0.2, -0.15) is 4.31 Å². The minimum Gasteiger partial charge on any atom is -0.497 e. The molecule has 0 atom stereocenters. The first kappa shape index (κ1) is 22.4. The minimum absolute atomic E-state index is 0.324. The van der Waals surface area contributed by atoms with Crippen molar-refractivity contribution in [3.63, 3.8) is 0 Å². The van der Waals surface area contributed by atoms with Crippen molar-refractivity contribution >= 4 is 21.5 Å². The molecule has 2 heterocycles. The number of ether oxygens (including phenoxy) is 2. The molecular weight excluding hydrogens is 450 g/mol. The molecule has 3 aromatic rings. The van der Waals surface area contributed by atoms with Crippen LogP contribution in [0, 0.1) is 6.92 Å². The summed E-state index contributed by atoms with van der Waals surface area (Å²) in [5, 5.41) is 0. The number of aliphatic imine (C=N–C) groups is 1. The monoisotopic (exact) mass is 477 g/mol. The fourth-order valence-electron chi connectivity index (χ4n) is 4.32. The van der Waals surface area contributed by atoms with Crippen LogP contribution in [0.3, 0.4) is 0 Å². The number of hydrogen-bond acceptors (Lipinski definition) is 6. The van der Waals surface area contributed by atoms with Crippen molar-refractivity contribution in [2.45, 2.75) is 18.2 Å². The van der Waals surface area contributed by atoms with Gasteiger partial charge in [-0.1, -0.05) is 24.3 Å². The molecule has 1 saturated heterocycles. The first-order valence-corrected chi connectivity index (χ1v) is 12.8. The lowest BCUT2D eigenvalue weighted by molar-refractivity contribution is 0.404. The quantitative estimate of drug-likeness (QED) is 0.552. The summed E-state index contributed by atoms with van der Waals surface area (Å²) in [6.45, 7) is 4.07. The molecule has 8 heteroatoms. The van der Waals surface area contributed by atoms with Crippen LogP contribution in [-0.4, -0.2) is 56.7 Å². The average Bonchev–Trinajstić information content (AvgIpc) is 3.19. The lowest BCUT2D eigenvalue weighted by Crippen LogP contribution is -2.37. The predicted octanol–water partition coefficient (Wildman–Crippen LogP) is 4.58. The molecule has 0 aromatic heterocycles. The van der Waals surface area contributed by atoms with Crippen molar-refractivity contribution in [2.24, 2.45) is 4.99 Å². The molecule has 1 fully saturated rings. The topological polar surface area (TPSA) is 71.4 Å². The van der Waals surface area contributed by atoms with E-state index >= 15 is 0 Å². The summed E-state index contributed by atoms with van der Waals surface area (Å²) < 4.78 is 39.6. The maximum absolute atomic E-state index is 13.2. The molecular formula is C26H27N3O4S. The second-order valence-electron chi connectivity index (χ2n) is 8.43. The number of methoxy groups -OCH3 is 1. The molecule has 0 radical (unpaired) electrons. The van der Waals surface area contributed by atoms with Gasteiger partial charge in [0.1, 0.15) is 23.0 Å². The van der Waals surface area contributed by atoms with Gasteiger partial charge < -0.3 is 14.4 Å². The molecule has 2 aliphatic heterocycles. The van der Waals surface area contributed by atoms with E-state index in [-0.39, 0.29) is 0 Å². The molecule has 0 bridgehead atoms. The lowest BCUT2D eigenvalue weighted by Gasteiger charge is -2.25. The summed E-state index contributed by atoms with van der Waals surface area (Å²) in [5.74, 6) is 2.83. The highest BCUT2D eigenvalue weighted by Gasteiger charge is 2.30. The third-order valence-electron chi connectivity index (χ3n) is 6.13. The molecule has 0 unspecified atom stereocenters. The van der Waals surface area contributed by atoms with Gasteiger partial charge >= 0.3 is 0 Å². The number of rotatable bonds is 3. The van der Waals surface area contributed by atoms with Gasteiger partial charge in [-0.15, -0.1) is 0 Å². The van der Waals surface area contributed by atoms with Crippen molar-refractivity contribution in [2.75, 3.05) is 33.3 Å². The van der Waals surface area contributed by atoms with Gasteiger partial charge in [0.2, 0.25) is 10.0 Å². The fourth-order valence-corrected chi connectivity index (χ4v) is 5.81. The number of nitrogens with zero attached hydrogens (tertiary/aromatic N) is 3. The number of sulfonamides is 1. The van der Waals surface area contributed by atoms with Crippen LogP contribution in [0.5, 0.6) is 17.2 Å². The zero-order chi connectivity index (χ0) is 23.7. The number of amidine groups is 1. The molecule has 3 aromatic carbocycles. The highest BCUT2D eigenvalue weighted by atomic mass is 32.2. The number of hydrogen-bond donors (Lipinski definition) is 0. The van der Waals surface area contributed by atoms with E-state index < -0.39 is 10.0 Å². The third-order valence-corrected chi connectivity index (χ3v) is 8.04. The molecule has 0 saturated carbocycles. The van der Waals surface area contributed by atoms with E-state index in [1.165, 1.54) is 0 Å². The third kappa shape index (κ3) is 4.26. The smallest absolute Gasteiger partial charge is 0.243 e. The van der Waals surface area contributed by atoms with E-state index in [2.05, 4.69) is 4.90 Å². The Morgan fingerprint density at radius 3 is 2.53 bits per heavy atom. The molecule has 176 valence electrons. The summed E-state index contributed by atoms with van der Waals surface area (Å²) >= 11 is 0. The van der Waals surface area contributed by atoms with Crippen LogP contribution in [0.1, 0.15) is 17.5 Å². The van der Waals surface area contributed by atoms with Crippen molar-refractivity contribution in [3.8, 4) is 17.2 Å². The van der Waals surface area contributed by atoms with E-state index in [9.17, 15) is 8.42 Å². The van der Waals surface area contributed by atoms with E-state index in [1.807, 2.05) is 49.4 Å². The summed E-state index contributed by atoms with van der Waals surface area (Å²) in [7, 11) is -1.92. The Morgan fingerprint density at radius 2 is 1.74 bits per heavy atom. The number of fused-ring (bicyclic) bond motifs is 2. The largest absolute Gasteiger partial charge is 0.497 e. The Labute approximate surface area is 200 Å². The van der Waals surface area contributed by atoms with Gasteiger partial charge in [-0.25, -0.2) is 13.4 Å². The maximum Gasteiger partial charge on any atom is 0.243 e. The zero-order valence-corrected chi connectivity index (χ0v) is 20.1. The van der Waals surface area contributed by atoms with Crippen molar-refractivity contribution in [1.82, 2.24) is 9.21 Å². The van der Waals surface area contributed by atoms with Crippen LogP contribution in [0.15, 0.2) is 76.6 Å². The number of benzene rings is 3. The Balaban J connectivity index is 1.49. The highest BCUT2D eigenvalue weighted by molar-refractivity contribution is 7.89. The standard InChI is InChI=1S/C26H27N3O4S/c1-19-9-12-23-25(17-19)33-24-18-20(32-2)10-11-22(24)26(27-23)28-13-6-14-29(16-15-28)34(30,31)21-7-4-3-5-8-21/h3-5,7-12,17-18H,6,13-16H2,1-2H3. The molecule has 0 N–H and O–H groups in total. The van der Waals surface area contributed by atoms with Crippen molar-refractivity contribution < 1.29 is 17.9 Å². The Kier molecular flexibility index (Phi) is 6.02. The van der Waals surface area contributed by atoms with Crippen LogP contribution in [0.2, 0.25) is 0 Å². The average molecular weight is 478 g/mol. The van der Waals surface area contributed by atoms with Gasteiger partial charge in [0.15, 0.2) is 5.75 Å². The minimum atomic E-state index is -3.54. The predicted molar refractivity (Wildman–Crippen MR) is 132 cm³/mol. The van der Waals surface area contributed by atoms with Crippen LogP contribution in [0.25, 0.3) is 0 Å². The molecule has 0 amide bonds. The van der Waals surface area contributed by atoms with Gasteiger partial charge in [-0.05, 0) is 55.3 Å². The number of aryl methyl sites for hydroxylation is 1. The molecule has 0 spiro atoms. The lowest BCUT2D eigenvalue weighted by atomic mass is 10.1. The van der Waals surface area contributed by atoms with Crippen molar-refractivity contribution in [3.05, 3.63) is 77.9 Å². The van der Waals surface area contributed by atoms with E-state index in [0.29, 0.717) is 54.7 Å². The Hall–Kier alpha value is -3.36. The second kappa shape index (κ2) is 9.12. The van der Waals surface area contributed by atoms with E-state index in [1.54, 1.807) is 35.7 Å². The molecule has 2 aliphatic rings. The maximum atomic E-state index is 13.2. The summed E-state index contributed by atoms with van der Waals surface area (Å²) in [5.41, 5.74) is 2.68. The fraction of sp³-hybridized carbons (Fsp3) is 0.269. The summed E-state index contributed by atoms with van der Waals surface area (Å²) in [6.07, 6.45) is 0.693. The van der Waals surface area contributed by atoms with Crippen LogP contribution in [0.4, 0.5) is 5.69 Å². The van der Waals surface area contributed by atoms with Gasteiger partial charge in [0.25, 0.3) is 0 Å². The first-order valence-electron chi connectivity index (χ1n) is 11.3. The SMILES string of the molecule is COc1ccc2c(c1)Oc1cc(C)ccc1N=C2N1CCCN(S(=O)(=O)c2ccccc2)CC1. The zero-order valence-electron chi connectivity index (χ0n) is 19.3. The molecule has 0 aliphatic carbocycles. The van der Waals surface area contributed by atoms with Crippen LogP contribution >= 0.6 is 0 Å².